The van der Waals surface area contributed by atoms with E-state index in [0.29, 0.717) is 0 Å². The maximum Gasteiger partial charge on any atom is 0.290 e. The molecule has 1 aliphatic heterocycles. The molecule has 0 fully saturated rings. The Morgan fingerprint density at radius 3 is 2.23 bits per heavy atom. The van der Waals surface area contributed by atoms with E-state index >= 15 is 0 Å². The maximum atomic E-state index is 10.8. The van der Waals surface area contributed by atoms with Gasteiger partial charge in [-0.1, -0.05) is 0 Å². The van der Waals surface area contributed by atoms with E-state index in [-0.39, 0.29) is 5.70 Å². The largest absolute Gasteiger partial charge is 0.290 e. The molecule has 1 heterocycles. The van der Waals surface area contributed by atoms with Crippen LogP contribution in [-0.4, -0.2) is 23.6 Å². The molecule has 6 nitrogen and oxygen atoms in total. The lowest BCUT2D eigenvalue weighted by molar-refractivity contribution is -0.113. The van der Waals surface area contributed by atoms with Crippen LogP contribution in [0.4, 0.5) is 0 Å². The number of carbonyl (C=O) groups excluding carboxylic acids is 1. The van der Waals surface area contributed by atoms with Gasteiger partial charge in [0.25, 0.3) is 16.0 Å². The fraction of sp³-hybridized carbons (Fsp3) is 0.500. The first-order valence-electron chi connectivity index (χ1n) is 3.40. The number of nitrogens with zero attached hydrogens (tertiary/aromatic N) is 2. The molecular weight excluding hydrogens is 196 g/mol. The number of hydrogen-bond donors (Lipinski definition) is 1. The molecule has 1 N–H and O–H groups in total. The van der Waals surface area contributed by atoms with Crippen LogP contribution in [0.15, 0.2) is 22.0 Å². The van der Waals surface area contributed by atoms with Crippen LogP contribution in [0.1, 0.15) is 13.8 Å². The highest BCUT2D eigenvalue weighted by Gasteiger charge is 2.39. The molecule has 72 valence electrons. The lowest BCUT2D eigenvalue weighted by atomic mass is 10.1. The van der Waals surface area contributed by atoms with Crippen molar-refractivity contribution in [2.45, 2.75) is 18.6 Å². The molecule has 13 heavy (non-hydrogen) atoms. The summed E-state index contributed by atoms with van der Waals surface area (Å²) < 4.78 is 28.9. The number of azo groups is 1. The predicted molar refractivity (Wildman–Crippen MR) is 43.6 cm³/mol. The Hall–Kier alpha value is -1.08. The van der Waals surface area contributed by atoms with Crippen molar-refractivity contribution in [2.24, 2.45) is 10.2 Å². The summed E-state index contributed by atoms with van der Waals surface area (Å²) in [6.45, 7) is 2.48. The van der Waals surface area contributed by atoms with Crippen LogP contribution in [-0.2, 0) is 14.9 Å². The Balaban J connectivity index is 3.17. The average molecular weight is 204 g/mol. The number of amides is 1. The Kier molecular flexibility index (Phi) is 2.08. The molecule has 1 aliphatic rings. The quantitative estimate of drug-likeness (QED) is 0.663. The SMILES string of the molecule is CC(C)(C1=CC(=O)N=N1)S(=O)(=O)O. The molecule has 0 unspecified atom stereocenters. The third kappa shape index (κ3) is 1.65. The summed E-state index contributed by atoms with van der Waals surface area (Å²) in [6, 6.07) is 0. The lowest BCUT2D eigenvalue weighted by Crippen LogP contribution is -2.32. The molecule has 0 aromatic rings. The van der Waals surface area contributed by atoms with Crippen molar-refractivity contribution in [1.29, 1.82) is 0 Å². The van der Waals surface area contributed by atoms with E-state index in [1.54, 1.807) is 0 Å². The Morgan fingerprint density at radius 1 is 1.38 bits per heavy atom. The molecule has 0 aromatic carbocycles. The van der Waals surface area contributed by atoms with Gasteiger partial charge < -0.3 is 0 Å². The molecule has 0 spiro atoms. The van der Waals surface area contributed by atoms with Crippen LogP contribution in [0.5, 0.6) is 0 Å². The van der Waals surface area contributed by atoms with Crippen molar-refractivity contribution < 1.29 is 17.8 Å². The normalized spacial score (nSPS) is 17.8. The number of carbonyl (C=O) groups is 1. The van der Waals surface area contributed by atoms with Gasteiger partial charge in [-0.15, -0.1) is 10.2 Å². The first kappa shape index (κ1) is 10.0. The summed E-state index contributed by atoms with van der Waals surface area (Å²) in [4.78, 5) is 10.6. The zero-order valence-corrected chi connectivity index (χ0v) is 7.87. The fourth-order valence-electron chi connectivity index (χ4n) is 0.704. The van der Waals surface area contributed by atoms with Crippen LogP contribution >= 0.6 is 0 Å². The highest BCUT2D eigenvalue weighted by atomic mass is 32.2. The van der Waals surface area contributed by atoms with E-state index in [4.69, 9.17) is 4.55 Å². The van der Waals surface area contributed by atoms with Crippen LogP contribution < -0.4 is 0 Å². The smallest absolute Gasteiger partial charge is 0.285 e. The summed E-state index contributed by atoms with van der Waals surface area (Å²) >= 11 is 0. The zero-order valence-electron chi connectivity index (χ0n) is 7.05. The van der Waals surface area contributed by atoms with Gasteiger partial charge in [0.05, 0.1) is 5.70 Å². The molecule has 0 aromatic heterocycles. The van der Waals surface area contributed by atoms with Gasteiger partial charge in [-0.25, -0.2) is 0 Å². The predicted octanol–water partition coefficient (Wildman–Crippen LogP) is 0.529. The summed E-state index contributed by atoms with van der Waals surface area (Å²) in [5.74, 6) is -0.619. The maximum absolute atomic E-state index is 10.8. The molecule has 0 atom stereocenters. The highest BCUT2D eigenvalue weighted by molar-refractivity contribution is 7.87. The molecule has 0 saturated heterocycles. The first-order valence-corrected chi connectivity index (χ1v) is 4.84. The minimum absolute atomic E-state index is 0.0556. The standard InChI is InChI=1S/C6H8N2O4S/c1-6(2,13(10,11)12)4-3-5(9)8-7-4/h3H,1-2H3,(H,10,11,12). The van der Waals surface area contributed by atoms with Gasteiger partial charge in [-0.05, 0) is 13.8 Å². The van der Waals surface area contributed by atoms with Crippen molar-refractivity contribution in [2.75, 3.05) is 0 Å². The van der Waals surface area contributed by atoms with Gasteiger partial charge in [-0.2, -0.15) is 8.42 Å². The number of rotatable bonds is 2. The number of hydrogen-bond acceptors (Lipinski definition) is 4. The Bertz CT molecular complexity index is 404. The van der Waals surface area contributed by atoms with Crippen molar-refractivity contribution in [3.05, 3.63) is 11.8 Å². The second-order valence-electron chi connectivity index (χ2n) is 3.05. The summed E-state index contributed by atoms with van der Waals surface area (Å²) in [5, 5.41) is 6.47. The van der Waals surface area contributed by atoms with Crippen LogP contribution in [0.25, 0.3) is 0 Å². The summed E-state index contributed by atoms with van der Waals surface area (Å²) in [7, 11) is -4.28. The van der Waals surface area contributed by atoms with Crippen LogP contribution in [0.2, 0.25) is 0 Å². The Labute approximate surface area is 75.1 Å². The molecule has 1 amide bonds. The third-order valence-corrected chi connectivity index (χ3v) is 3.28. The van der Waals surface area contributed by atoms with Crippen molar-refractivity contribution >= 4 is 16.0 Å². The van der Waals surface area contributed by atoms with Crippen molar-refractivity contribution in [1.82, 2.24) is 0 Å². The van der Waals surface area contributed by atoms with Crippen molar-refractivity contribution in [3.63, 3.8) is 0 Å². The molecular formula is C6H8N2O4S. The summed E-state index contributed by atoms with van der Waals surface area (Å²) in [5.41, 5.74) is -0.0556. The second-order valence-corrected chi connectivity index (χ2v) is 5.02. The van der Waals surface area contributed by atoms with Gasteiger partial charge in [0, 0.05) is 6.08 Å². The van der Waals surface area contributed by atoms with E-state index < -0.39 is 20.8 Å². The van der Waals surface area contributed by atoms with E-state index in [2.05, 4.69) is 10.2 Å². The average Bonchev–Trinajstić information content (AvgIpc) is 2.33. The van der Waals surface area contributed by atoms with Gasteiger partial charge >= 0.3 is 0 Å². The minimum atomic E-state index is -4.28. The molecule has 0 aliphatic carbocycles. The van der Waals surface area contributed by atoms with Gasteiger partial charge in [0.2, 0.25) is 0 Å². The highest BCUT2D eigenvalue weighted by Crippen LogP contribution is 2.28. The topological polar surface area (TPSA) is 96.2 Å². The summed E-state index contributed by atoms with van der Waals surface area (Å²) in [6.07, 6.45) is 0.980. The second kappa shape index (κ2) is 2.71. The first-order chi connectivity index (χ1) is 5.75. The van der Waals surface area contributed by atoms with Gasteiger partial charge in [0.15, 0.2) is 0 Å². The monoisotopic (exact) mass is 204 g/mol. The van der Waals surface area contributed by atoms with Crippen molar-refractivity contribution in [3.8, 4) is 0 Å². The van der Waals surface area contributed by atoms with E-state index in [1.807, 2.05) is 0 Å². The molecule has 0 radical (unpaired) electrons. The van der Waals surface area contributed by atoms with E-state index in [9.17, 15) is 13.2 Å². The van der Waals surface area contributed by atoms with E-state index in [1.165, 1.54) is 13.8 Å². The van der Waals surface area contributed by atoms with Gasteiger partial charge in [-0.3, -0.25) is 9.35 Å². The molecule has 0 saturated carbocycles. The fourth-order valence-corrected chi connectivity index (χ4v) is 1.07. The van der Waals surface area contributed by atoms with Crippen LogP contribution in [0.3, 0.4) is 0 Å². The zero-order chi connectivity index (χ0) is 10.3. The molecule has 7 heteroatoms. The molecule has 0 bridgehead atoms. The van der Waals surface area contributed by atoms with Gasteiger partial charge in [0.1, 0.15) is 4.75 Å². The molecule has 1 rings (SSSR count). The minimum Gasteiger partial charge on any atom is -0.285 e. The Morgan fingerprint density at radius 2 is 1.92 bits per heavy atom. The van der Waals surface area contributed by atoms with Crippen LogP contribution in [0, 0.1) is 0 Å². The third-order valence-electron chi connectivity index (χ3n) is 1.78. The lowest BCUT2D eigenvalue weighted by Gasteiger charge is -2.18. The van der Waals surface area contributed by atoms with E-state index in [0.717, 1.165) is 6.08 Å².